The number of quaternary nitrogens is 1. The Morgan fingerprint density at radius 1 is 1.16 bits per heavy atom. The molecular formula is C25H25Cl2FN5O4+. The van der Waals surface area contributed by atoms with E-state index in [0.717, 1.165) is 6.07 Å². The van der Waals surface area contributed by atoms with Crippen molar-refractivity contribution in [3.05, 3.63) is 75.5 Å². The van der Waals surface area contributed by atoms with E-state index in [1.165, 1.54) is 12.1 Å². The van der Waals surface area contributed by atoms with Gasteiger partial charge in [-0.3, -0.25) is 5.32 Å². The van der Waals surface area contributed by atoms with Gasteiger partial charge in [-0.2, -0.15) is 4.48 Å². The fourth-order valence-electron chi connectivity index (χ4n) is 4.24. The Labute approximate surface area is 222 Å². The quantitative estimate of drug-likeness (QED) is 0.302. The van der Waals surface area contributed by atoms with Gasteiger partial charge in [-0.05, 0) is 31.2 Å². The second-order valence-electron chi connectivity index (χ2n) is 8.74. The summed E-state index contributed by atoms with van der Waals surface area (Å²) in [6, 6.07) is 11.7. The molecule has 0 bridgehead atoms. The highest BCUT2D eigenvalue weighted by atomic mass is 35.5. The van der Waals surface area contributed by atoms with Gasteiger partial charge >= 0.3 is 11.9 Å². The molecule has 1 fully saturated rings. The highest BCUT2D eigenvalue weighted by molar-refractivity contribution is 6.36. The minimum atomic E-state index is -0.827. The number of ether oxygens (including phenoxy) is 1. The number of nitrogens with two attached hydrogens (primary N) is 1. The molecule has 12 heteroatoms. The molecule has 3 aromatic rings. The number of aromatic nitrogens is 2. The molecule has 0 unspecified atom stereocenters. The number of benzene rings is 2. The van der Waals surface area contributed by atoms with Crippen LogP contribution in [-0.4, -0.2) is 50.9 Å². The maximum atomic E-state index is 14.0. The molecule has 9 nitrogen and oxygen atoms in total. The van der Waals surface area contributed by atoms with Gasteiger partial charge in [0.05, 0.1) is 29.8 Å². The van der Waals surface area contributed by atoms with Gasteiger partial charge in [0.25, 0.3) is 0 Å². The Bertz CT molecular complexity index is 1320. The predicted octanol–water partition coefficient (Wildman–Crippen LogP) is 4.99. The third kappa shape index (κ3) is 5.52. The van der Waals surface area contributed by atoms with Crippen molar-refractivity contribution in [2.45, 2.75) is 32.0 Å². The number of rotatable bonds is 5. The highest BCUT2D eigenvalue weighted by Crippen LogP contribution is 2.36. The lowest BCUT2D eigenvalue weighted by Gasteiger charge is -2.37. The maximum Gasteiger partial charge on any atom is 0.430 e. The lowest BCUT2D eigenvalue weighted by Crippen LogP contribution is -2.62. The summed E-state index contributed by atoms with van der Waals surface area (Å²) in [5.74, 6) is -1.10. The van der Waals surface area contributed by atoms with Crippen LogP contribution in [0.4, 0.5) is 20.8 Å². The fourth-order valence-corrected chi connectivity index (χ4v) is 4.92. The molecule has 194 valence electrons. The van der Waals surface area contributed by atoms with Crippen molar-refractivity contribution in [3.63, 3.8) is 0 Å². The second kappa shape index (κ2) is 11.0. The molecule has 4 N–H and O–H groups in total. The van der Waals surface area contributed by atoms with Crippen molar-refractivity contribution in [2.24, 2.45) is 0 Å². The Morgan fingerprint density at radius 2 is 1.84 bits per heavy atom. The van der Waals surface area contributed by atoms with Gasteiger partial charge in [-0.15, -0.1) is 10.2 Å². The van der Waals surface area contributed by atoms with Crippen molar-refractivity contribution < 1.29 is 28.3 Å². The molecule has 0 aliphatic carbocycles. The molecule has 2 aromatic carbocycles. The number of nitrogens with one attached hydrogen (secondary N) is 1. The maximum absolute atomic E-state index is 14.0. The summed E-state index contributed by atoms with van der Waals surface area (Å²) in [5.41, 5.74) is 6.52. The number of aliphatic hydroxyl groups excluding tert-OH is 1. The first-order chi connectivity index (χ1) is 17.6. The molecule has 3 amide bonds. The molecule has 0 spiro atoms. The number of urea groups is 1. The molecule has 0 radical (unpaired) electrons. The molecule has 1 saturated heterocycles. The van der Waals surface area contributed by atoms with Gasteiger partial charge < -0.3 is 15.6 Å². The predicted molar refractivity (Wildman–Crippen MR) is 137 cm³/mol. The van der Waals surface area contributed by atoms with Crippen LogP contribution in [0.25, 0.3) is 0 Å². The van der Waals surface area contributed by atoms with E-state index in [4.69, 9.17) is 33.7 Å². The van der Waals surface area contributed by atoms with Crippen molar-refractivity contribution in [1.82, 2.24) is 10.2 Å². The number of piperidine rings is 1. The number of imide groups is 1. The average Bonchev–Trinajstić information content (AvgIpc) is 2.89. The largest absolute Gasteiger partial charge is 0.482 e. The third-order valence-corrected chi connectivity index (χ3v) is 7.01. The number of carbonyl (C=O) groups excluding carboxylic acids is 2. The number of anilines is 2. The van der Waals surface area contributed by atoms with Gasteiger partial charge in [0.15, 0.2) is 17.4 Å². The minimum Gasteiger partial charge on any atom is -0.482 e. The number of aliphatic hydroxyl groups is 1. The zero-order valence-corrected chi connectivity index (χ0v) is 21.3. The minimum absolute atomic E-state index is 0.0117. The van der Waals surface area contributed by atoms with Crippen LogP contribution in [0, 0.1) is 5.82 Å². The summed E-state index contributed by atoms with van der Waals surface area (Å²) in [6.07, 6.45) is -0.866. The Balaban J connectivity index is 1.59. The zero-order valence-electron chi connectivity index (χ0n) is 19.8. The Hall–Kier alpha value is -3.31. The van der Waals surface area contributed by atoms with Gasteiger partial charge in [0, 0.05) is 29.5 Å². The van der Waals surface area contributed by atoms with Gasteiger partial charge in [-0.1, -0.05) is 41.4 Å². The van der Waals surface area contributed by atoms with Crippen molar-refractivity contribution in [2.75, 3.05) is 24.1 Å². The summed E-state index contributed by atoms with van der Waals surface area (Å²) in [7, 11) is 0. The summed E-state index contributed by atoms with van der Waals surface area (Å²) < 4.78 is 19.3. The first kappa shape index (κ1) is 26.7. The van der Waals surface area contributed by atoms with E-state index in [-0.39, 0.29) is 58.9 Å². The first-order valence-corrected chi connectivity index (χ1v) is 12.3. The number of carbonyl (C=O) groups is 2. The standard InChI is InChI=1S/C25H24Cl2FN5O4/c1-14(21-17(26)7-8-18(28)22(21)27)37-19-13-20(31-32-23(19)29)30-25(36)33(11-9-16(34)10-12-33)24(35)15-5-3-2-4-6-15/h2-8,13-14,16,34H,9-12H2,1H3,(H2-,29,30,31,32,36)/p+1/t14-,16?,33?/m1/s1. The number of amides is 3. The van der Waals surface area contributed by atoms with E-state index in [9.17, 15) is 19.1 Å². The normalized spacial score (nSPS) is 20.2. The van der Waals surface area contributed by atoms with Crippen LogP contribution in [0.5, 0.6) is 5.75 Å². The highest BCUT2D eigenvalue weighted by Gasteiger charge is 2.48. The van der Waals surface area contributed by atoms with Crippen LogP contribution >= 0.6 is 23.2 Å². The number of halogens is 3. The SMILES string of the molecule is C[C@@H](Oc1cc(NC(=O)[N+]2(C(=O)c3ccccc3)CCC(O)CC2)nnc1N)c1c(Cl)ccc(F)c1Cl. The van der Waals surface area contributed by atoms with Gasteiger partial charge in [0.2, 0.25) is 0 Å². The van der Waals surface area contributed by atoms with E-state index < -0.39 is 34.4 Å². The summed E-state index contributed by atoms with van der Waals surface area (Å²) >= 11 is 12.3. The number of nitrogen functional groups attached to an aromatic ring is 1. The molecule has 1 aliphatic heterocycles. The Morgan fingerprint density at radius 3 is 2.51 bits per heavy atom. The van der Waals surface area contributed by atoms with Crippen molar-refractivity contribution in [1.29, 1.82) is 0 Å². The summed E-state index contributed by atoms with van der Waals surface area (Å²) in [6.45, 7) is 1.82. The fraction of sp³-hybridized carbons (Fsp3) is 0.280. The second-order valence-corrected chi connectivity index (χ2v) is 9.53. The number of nitrogens with zero attached hydrogens (tertiary/aromatic N) is 3. The lowest BCUT2D eigenvalue weighted by atomic mass is 10.0. The number of likely N-dealkylation sites (tertiary alicyclic amines) is 1. The lowest BCUT2D eigenvalue weighted by molar-refractivity contribution is -0.772. The molecule has 4 rings (SSSR count). The third-order valence-electron chi connectivity index (χ3n) is 6.30. The monoisotopic (exact) mass is 548 g/mol. The van der Waals surface area contributed by atoms with E-state index in [1.807, 2.05) is 0 Å². The van der Waals surface area contributed by atoms with E-state index in [0.29, 0.717) is 5.56 Å². The van der Waals surface area contributed by atoms with Crippen LogP contribution in [0.15, 0.2) is 48.5 Å². The molecule has 1 atom stereocenters. The molecule has 37 heavy (non-hydrogen) atoms. The van der Waals surface area contributed by atoms with Gasteiger partial charge in [0.1, 0.15) is 11.9 Å². The van der Waals surface area contributed by atoms with Crippen LogP contribution in [0.2, 0.25) is 10.0 Å². The van der Waals surface area contributed by atoms with Gasteiger partial charge in [-0.25, -0.2) is 14.0 Å². The smallest absolute Gasteiger partial charge is 0.430 e. The summed E-state index contributed by atoms with van der Waals surface area (Å²) in [5, 5.41) is 20.4. The summed E-state index contributed by atoms with van der Waals surface area (Å²) in [4.78, 5) is 27.0. The molecule has 2 heterocycles. The number of hydrogen-bond acceptors (Lipinski definition) is 7. The molecular weight excluding hydrogens is 524 g/mol. The average molecular weight is 549 g/mol. The zero-order chi connectivity index (χ0) is 26.7. The first-order valence-electron chi connectivity index (χ1n) is 11.5. The number of hydrogen-bond donors (Lipinski definition) is 3. The molecule has 0 saturated carbocycles. The van der Waals surface area contributed by atoms with E-state index in [2.05, 4.69) is 15.5 Å². The van der Waals surface area contributed by atoms with E-state index >= 15 is 0 Å². The van der Waals surface area contributed by atoms with Crippen molar-refractivity contribution in [3.8, 4) is 5.75 Å². The van der Waals surface area contributed by atoms with Crippen LogP contribution in [-0.2, 0) is 0 Å². The topological polar surface area (TPSA) is 127 Å². The van der Waals surface area contributed by atoms with Crippen molar-refractivity contribution >= 4 is 46.8 Å². The molecule has 1 aromatic heterocycles. The van der Waals surface area contributed by atoms with Crippen LogP contribution in [0.1, 0.15) is 41.8 Å². The Kier molecular flexibility index (Phi) is 7.93. The molecule has 1 aliphatic rings. The van der Waals surface area contributed by atoms with E-state index in [1.54, 1.807) is 37.3 Å². The van der Waals surface area contributed by atoms with Crippen LogP contribution in [0.3, 0.4) is 0 Å². The van der Waals surface area contributed by atoms with Crippen LogP contribution < -0.4 is 15.8 Å².